The van der Waals surface area contributed by atoms with E-state index in [9.17, 15) is 17.6 Å². The zero-order valence-electron chi connectivity index (χ0n) is 9.54. The topological polar surface area (TPSA) is 51.2 Å². The van der Waals surface area contributed by atoms with Crippen LogP contribution in [0.25, 0.3) is 0 Å². The van der Waals surface area contributed by atoms with Gasteiger partial charge in [0.25, 0.3) is 0 Å². The van der Waals surface area contributed by atoms with Gasteiger partial charge in [-0.25, -0.2) is 9.82 Å². The molecule has 0 radical (unpaired) electrons. The van der Waals surface area contributed by atoms with E-state index in [0.717, 1.165) is 6.07 Å². The summed E-state index contributed by atoms with van der Waals surface area (Å²) in [5, 5.41) is 0. The van der Waals surface area contributed by atoms with Crippen LogP contribution in [-0.2, 0) is 6.18 Å². The molecule has 0 saturated carbocycles. The Morgan fingerprint density at radius 2 is 1.95 bits per heavy atom. The van der Waals surface area contributed by atoms with Gasteiger partial charge in [0.05, 0.1) is 24.1 Å². The lowest BCUT2D eigenvalue weighted by molar-refractivity contribution is -0.140. The largest absolute Gasteiger partial charge is 0.472 e. The highest BCUT2D eigenvalue weighted by atomic mass is 19.4. The fourth-order valence-corrected chi connectivity index (χ4v) is 1.80. The van der Waals surface area contributed by atoms with Crippen LogP contribution in [-0.4, -0.2) is 0 Å². The van der Waals surface area contributed by atoms with Crippen LogP contribution in [0.4, 0.5) is 17.6 Å². The SMILES string of the molecule is NNC(c1ccoc1)c1cccc(C(F)(F)F)c1F. The Bertz CT molecular complexity index is 551. The molecule has 0 amide bonds. The molecule has 3 nitrogen and oxygen atoms in total. The first-order valence-corrected chi connectivity index (χ1v) is 5.29. The summed E-state index contributed by atoms with van der Waals surface area (Å²) in [4.78, 5) is 0. The highest BCUT2D eigenvalue weighted by Crippen LogP contribution is 2.35. The Kier molecular flexibility index (Phi) is 3.59. The number of hydrazine groups is 1. The van der Waals surface area contributed by atoms with Gasteiger partial charge in [-0.2, -0.15) is 13.2 Å². The van der Waals surface area contributed by atoms with E-state index in [0.29, 0.717) is 11.6 Å². The Morgan fingerprint density at radius 1 is 1.21 bits per heavy atom. The van der Waals surface area contributed by atoms with Gasteiger partial charge in [0.1, 0.15) is 5.82 Å². The summed E-state index contributed by atoms with van der Waals surface area (Å²) in [6.07, 6.45) is -2.15. The van der Waals surface area contributed by atoms with E-state index in [1.54, 1.807) is 0 Å². The molecule has 0 aliphatic rings. The molecule has 102 valence electrons. The third kappa shape index (κ3) is 2.61. The average Bonchev–Trinajstić information content (AvgIpc) is 2.84. The van der Waals surface area contributed by atoms with Gasteiger partial charge < -0.3 is 4.42 Å². The van der Waals surface area contributed by atoms with Crippen LogP contribution in [0.15, 0.2) is 41.2 Å². The number of halogens is 4. The Balaban J connectivity index is 2.51. The Labute approximate surface area is 106 Å². The van der Waals surface area contributed by atoms with E-state index in [1.165, 1.54) is 24.7 Å². The molecule has 1 aromatic carbocycles. The number of benzene rings is 1. The van der Waals surface area contributed by atoms with E-state index in [1.807, 2.05) is 0 Å². The number of nitrogens with two attached hydrogens (primary N) is 1. The van der Waals surface area contributed by atoms with Gasteiger partial charge in [-0.05, 0) is 12.1 Å². The third-order valence-electron chi connectivity index (χ3n) is 2.69. The molecule has 2 rings (SSSR count). The van der Waals surface area contributed by atoms with Gasteiger partial charge in [0.15, 0.2) is 0 Å². The number of hydrogen-bond donors (Lipinski definition) is 2. The van der Waals surface area contributed by atoms with Crippen molar-refractivity contribution in [3.05, 3.63) is 59.3 Å². The molecule has 0 spiro atoms. The van der Waals surface area contributed by atoms with Crippen molar-refractivity contribution < 1.29 is 22.0 Å². The molecular formula is C12H10F4N2O. The van der Waals surface area contributed by atoms with Crippen LogP contribution in [0.1, 0.15) is 22.7 Å². The van der Waals surface area contributed by atoms with Crippen molar-refractivity contribution in [2.24, 2.45) is 5.84 Å². The maximum absolute atomic E-state index is 14.0. The first-order valence-electron chi connectivity index (χ1n) is 5.29. The first-order chi connectivity index (χ1) is 8.95. The van der Waals surface area contributed by atoms with Gasteiger partial charge >= 0.3 is 6.18 Å². The van der Waals surface area contributed by atoms with Gasteiger partial charge in [-0.1, -0.05) is 12.1 Å². The van der Waals surface area contributed by atoms with Gasteiger partial charge in [-0.3, -0.25) is 5.84 Å². The molecule has 1 aromatic heterocycles. The quantitative estimate of drug-likeness (QED) is 0.514. The molecule has 19 heavy (non-hydrogen) atoms. The minimum Gasteiger partial charge on any atom is -0.472 e. The van der Waals surface area contributed by atoms with Crippen LogP contribution in [0.2, 0.25) is 0 Å². The van der Waals surface area contributed by atoms with Crippen molar-refractivity contribution in [1.29, 1.82) is 0 Å². The fourth-order valence-electron chi connectivity index (χ4n) is 1.80. The molecule has 7 heteroatoms. The van der Waals surface area contributed by atoms with Crippen molar-refractivity contribution in [2.75, 3.05) is 0 Å². The summed E-state index contributed by atoms with van der Waals surface area (Å²) in [6, 6.07) is 3.63. The standard InChI is InChI=1S/C12H10F4N2O/c13-10-8(2-1-3-9(10)12(14,15)16)11(18-17)7-4-5-19-6-7/h1-6,11,18H,17H2. The highest BCUT2D eigenvalue weighted by molar-refractivity contribution is 5.35. The van der Waals surface area contributed by atoms with Crippen molar-refractivity contribution in [1.82, 2.24) is 5.43 Å². The number of rotatable bonds is 3. The van der Waals surface area contributed by atoms with Crippen LogP contribution in [0, 0.1) is 5.82 Å². The van der Waals surface area contributed by atoms with Gasteiger partial charge in [0.2, 0.25) is 0 Å². The second-order valence-corrected chi connectivity index (χ2v) is 3.86. The van der Waals surface area contributed by atoms with Crippen LogP contribution in [0.5, 0.6) is 0 Å². The summed E-state index contributed by atoms with van der Waals surface area (Å²) in [7, 11) is 0. The fraction of sp³-hybridized carbons (Fsp3) is 0.167. The molecule has 1 atom stereocenters. The van der Waals surface area contributed by atoms with Gasteiger partial charge in [0, 0.05) is 11.1 Å². The van der Waals surface area contributed by atoms with Crippen molar-refractivity contribution in [2.45, 2.75) is 12.2 Å². The van der Waals surface area contributed by atoms with Crippen LogP contribution < -0.4 is 11.3 Å². The molecule has 2 aromatic rings. The minimum atomic E-state index is -4.75. The average molecular weight is 274 g/mol. The predicted molar refractivity (Wildman–Crippen MR) is 59.3 cm³/mol. The molecule has 0 bridgehead atoms. The summed E-state index contributed by atoms with van der Waals surface area (Å²) < 4.78 is 56.7. The monoisotopic (exact) mass is 274 g/mol. The summed E-state index contributed by atoms with van der Waals surface area (Å²) in [6.45, 7) is 0. The lowest BCUT2D eigenvalue weighted by Gasteiger charge is -2.18. The smallest absolute Gasteiger partial charge is 0.419 e. The summed E-state index contributed by atoms with van der Waals surface area (Å²) >= 11 is 0. The predicted octanol–water partition coefficient (Wildman–Crippen LogP) is 2.99. The molecule has 0 aliphatic carbocycles. The molecule has 3 N–H and O–H groups in total. The molecule has 1 heterocycles. The Morgan fingerprint density at radius 3 is 2.47 bits per heavy atom. The molecule has 0 aliphatic heterocycles. The normalized spacial score (nSPS) is 13.5. The molecule has 1 unspecified atom stereocenters. The lowest BCUT2D eigenvalue weighted by atomic mass is 9.98. The number of nitrogens with one attached hydrogen (secondary N) is 1. The van der Waals surface area contributed by atoms with E-state index in [2.05, 4.69) is 5.43 Å². The van der Waals surface area contributed by atoms with E-state index >= 15 is 0 Å². The number of alkyl halides is 3. The number of furan rings is 1. The van der Waals surface area contributed by atoms with Crippen LogP contribution in [0.3, 0.4) is 0 Å². The maximum atomic E-state index is 14.0. The molecule has 0 fully saturated rings. The maximum Gasteiger partial charge on any atom is 0.419 e. The molecular weight excluding hydrogens is 264 g/mol. The second kappa shape index (κ2) is 5.02. The third-order valence-corrected chi connectivity index (χ3v) is 2.69. The minimum absolute atomic E-state index is 0.196. The Hall–Kier alpha value is -1.86. The van der Waals surface area contributed by atoms with Gasteiger partial charge in [-0.15, -0.1) is 0 Å². The first kappa shape index (κ1) is 13.6. The van der Waals surface area contributed by atoms with Crippen molar-refractivity contribution >= 4 is 0 Å². The number of hydrogen-bond acceptors (Lipinski definition) is 3. The molecule has 0 saturated heterocycles. The van der Waals surface area contributed by atoms with E-state index < -0.39 is 23.6 Å². The van der Waals surface area contributed by atoms with Crippen molar-refractivity contribution in [3.8, 4) is 0 Å². The summed E-state index contributed by atoms with van der Waals surface area (Å²) in [5.41, 5.74) is 1.18. The van der Waals surface area contributed by atoms with Crippen LogP contribution >= 0.6 is 0 Å². The van der Waals surface area contributed by atoms with E-state index in [-0.39, 0.29) is 5.56 Å². The lowest BCUT2D eigenvalue weighted by Crippen LogP contribution is -2.29. The van der Waals surface area contributed by atoms with Crippen molar-refractivity contribution in [3.63, 3.8) is 0 Å². The zero-order valence-corrected chi connectivity index (χ0v) is 9.54. The van der Waals surface area contributed by atoms with E-state index in [4.69, 9.17) is 10.3 Å². The zero-order chi connectivity index (χ0) is 14.0. The second-order valence-electron chi connectivity index (χ2n) is 3.86. The summed E-state index contributed by atoms with van der Waals surface area (Å²) in [5.74, 6) is 3.94. The highest BCUT2D eigenvalue weighted by Gasteiger charge is 2.35.